The smallest absolute Gasteiger partial charge is 0.303 e. The Hall–Kier alpha value is -1.09. The quantitative estimate of drug-likeness (QED) is 0.414. The summed E-state index contributed by atoms with van der Waals surface area (Å²) in [6.45, 7) is 2.06. The molecule has 0 heterocycles. The van der Waals surface area contributed by atoms with Gasteiger partial charge in [0.15, 0.2) is 0 Å². The Morgan fingerprint density at radius 3 is 2.47 bits per heavy atom. The number of hydrogen-bond donors (Lipinski definition) is 2. The fraction of sp³-hybridized carbons (Fsp3) is 0.688. The molecule has 0 aliphatic rings. The van der Waals surface area contributed by atoms with Gasteiger partial charge in [-0.3, -0.25) is 4.79 Å². The molecule has 0 rings (SSSR count). The Morgan fingerprint density at radius 2 is 1.79 bits per heavy atom. The second kappa shape index (κ2) is 13.3. The first-order valence-corrected chi connectivity index (χ1v) is 7.40. The van der Waals surface area contributed by atoms with Crippen LogP contribution in [0.5, 0.6) is 0 Å². The fourth-order valence-corrected chi connectivity index (χ4v) is 1.83. The van der Waals surface area contributed by atoms with Crippen LogP contribution in [0.25, 0.3) is 0 Å². The van der Waals surface area contributed by atoms with Crippen molar-refractivity contribution in [3.8, 4) is 0 Å². The van der Waals surface area contributed by atoms with Gasteiger partial charge in [-0.15, -0.1) is 0 Å². The summed E-state index contributed by atoms with van der Waals surface area (Å²) in [6, 6.07) is 0. The largest absolute Gasteiger partial charge is 0.481 e. The first kappa shape index (κ1) is 17.9. The van der Waals surface area contributed by atoms with E-state index in [0.29, 0.717) is 6.42 Å². The fourth-order valence-electron chi connectivity index (χ4n) is 1.83. The molecule has 110 valence electrons. The zero-order valence-corrected chi connectivity index (χ0v) is 12.1. The lowest BCUT2D eigenvalue weighted by Gasteiger charge is -2.00. The van der Waals surface area contributed by atoms with E-state index in [0.717, 1.165) is 51.4 Å². The Bertz CT molecular complexity index is 269. The van der Waals surface area contributed by atoms with Crippen molar-refractivity contribution in [3.63, 3.8) is 0 Å². The highest BCUT2D eigenvalue weighted by Gasteiger charge is 1.96. The summed E-state index contributed by atoms with van der Waals surface area (Å²) in [4.78, 5) is 10.3. The zero-order chi connectivity index (χ0) is 14.3. The van der Waals surface area contributed by atoms with E-state index < -0.39 is 5.97 Å². The third-order valence-electron chi connectivity index (χ3n) is 2.93. The molecule has 0 aliphatic carbocycles. The van der Waals surface area contributed by atoms with Gasteiger partial charge in [0.1, 0.15) is 0 Å². The number of aliphatic hydroxyl groups excluding tert-OH is 1. The number of aliphatic hydroxyl groups is 1. The maximum absolute atomic E-state index is 10.3. The van der Waals surface area contributed by atoms with Gasteiger partial charge in [0.2, 0.25) is 0 Å². The van der Waals surface area contributed by atoms with Crippen molar-refractivity contribution < 1.29 is 15.0 Å². The number of aliphatic carboxylic acids is 1. The van der Waals surface area contributed by atoms with Crippen molar-refractivity contribution in [2.75, 3.05) is 0 Å². The van der Waals surface area contributed by atoms with E-state index in [4.69, 9.17) is 5.11 Å². The average molecular weight is 268 g/mol. The van der Waals surface area contributed by atoms with Crippen molar-refractivity contribution in [2.45, 2.75) is 70.8 Å². The maximum atomic E-state index is 10.3. The first-order chi connectivity index (χ1) is 9.16. The molecule has 0 spiro atoms. The third-order valence-corrected chi connectivity index (χ3v) is 2.93. The summed E-state index contributed by atoms with van der Waals surface area (Å²) in [6.07, 6.45) is 15.9. The van der Waals surface area contributed by atoms with Gasteiger partial charge in [0.25, 0.3) is 0 Å². The van der Waals surface area contributed by atoms with Crippen molar-refractivity contribution in [1.29, 1.82) is 0 Å². The Balaban J connectivity index is 3.32. The minimum atomic E-state index is -0.694. The summed E-state index contributed by atoms with van der Waals surface area (Å²) >= 11 is 0. The van der Waals surface area contributed by atoms with Crippen LogP contribution < -0.4 is 0 Å². The Kier molecular flexibility index (Phi) is 12.6. The molecule has 1 atom stereocenters. The Morgan fingerprint density at radius 1 is 1.11 bits per heavy atom. The zero-order valence-electron chi connectivity index (χ0n) is 12.1. The van der Waals surface area contributed by atoms with Gasteiger partial charge in [-0.05, 0) is 25.7 Å². The molecule has 2 N–H and O–H groups in total. The van der Waals surface area contributed by atoms with Gasteiger partial charge in [0, 0.05) is 6.42 Å². The van der Waals surface area contributed by atoms with Crippen molar-refractivity contribution >= 4 is 5.97 Å². The van der Waals surface area contributed by atoms with E-state index in [1.807, 2.05) is 18.2 Å². The van der Waals surface area contributed by atoms with Crippen LogP contribution in [0.2, 0.25) is 0 Å². The Labute approximate surface area is 117 Å². The highest BCUT2D eigenvalue weighted by Crippen LogP contribution is 2.07. The minimum absolute atomic E-state index is 0.296. The molecule has 0 aromatic rings. The third kappa shape index (κ3) is 14.9. The van der Waals surface area contributed by atoms with Crippen LogP contribution in [-0.4, -0.2) is 22.3 Å². The summed E-state index contributed by atoms with van der Waals surface area (Å²) < 4.78 is 0. The molecule has 0 bridgehead atoms. The van der Waals surface area contributed by atoms with Crippen LogP contribution in [0.3, 0.4) is 0 Å². The molecule has 0 aromatic heterocycles. The number of unbranched alkanes of at least 4 members (excludes halogenated alkanes) is 5. The predicted octanol–water partition coefficient (Wildman–Crippen LogP) is 4.08. The summed E-state index contributed by atoms with van der Waals surface area (Å²) in [7, 11) is 0. The van der Waals surface area contributed by atoms with Gasteiger partial charge < -0.3 is 10.2 Å². The summed E-state index contributed by atoms with van der Waals surface area (Å²) in [5.74, 6) is -0.694. The standard InChI is InChI=1S/C16H28O3/c1-2-12-15(17)13-10-8-6-4-3-5-7-9-11-14-16(18)19/h6,8,10,13,15,17H,2-5,7,9,11-12,14H2,1H3,(H,18,19). The molecule has 1 unspecified atom stereocenters. The molecule has 3 nitrogen and oxygen atoms in total. The van der Waals surface area contributed by atoms with Crippen molar-refractivity contribution in [3.05, 3.63) is 24.3 Å². The maximum Gasteiger partial charge on any atom is 0.303 e. The highest BCUT2D eigenvalue weighted by atomic mass is 16.4. The SMILES string of the molecule is CCCC(O)C=CC=CCCCCCCCC(=O)O. The van der Waals surface area contributed by atoms with E-state index in [1.54, 1.807) is 0 Å². The van der Waals surface area contributed by atoms with E-state index in [2.05, 4.69) is 13.0 Å². The average Bonchev–Trinajstić information content (AvgIpc) is 2.36. The van der Waals surface area contributed by atoms with Gasteiger partial charge in [-0.2, -0.15) is 0 Å². The van der Waals surface area contributed by atoms with Gasteiger partial charge in [-0.25, -0.2) is 0 Å². The highest BCUT2D eigenvalue weighted by molar-refractivity contribution is 5.66. The van der Waals surface area contributed by atoms with Crippen molar-refractivity contribution in [2.24, 2.45) is 0 Å². The van der Waals surface area contributed by atoms with E-state index >= 15 is 0 Å². The van der Waals surface area contributed by atoms with Crippen LogP contribution in [-0.2, 0) is 4.79 Å². The molecule has 0 aromatic carbocycles. The normalized spacial score (nSPS) is 13.4. The topological polar surface area (TPSA) is 57.5 Å². The molecular formula is C16H28O3. The van der Waals surface area contributed by atoms with E-state index in [9.17, 15) is 9.90 Å². The molecule has 0 fully saturated rings. The van der Waals surface area contributed by atoms with Crippen LogP contribution in [0.1, 0.15) is 64.7 Å². The molecule has 0 radical (unpaired) electrons. The number of rotatable bonds is 12. The number of carboxylic acid groups (broad SMARTS) is 1. The van der Waals surface area contributed by atoms with Gasteiger partial charge in [0.05, 0.1) is 6.10 Å². The monoisotopic (exact) mass is 268 g/mol. The molecule has 19 heavy (non-hydrogen) atoms. The molecule has 0 amide bonds. The number of carbonyl (C=O) groups is 1. The van der Waals surface area contributed by atoms with Gasteiger partial charge >= 0.3 is 5.97 Å². The lowest BCUT2D eigenvalue weighted by Crippen LogP contribution is -1.99. The van der Waals surface area contributed by atoms with Crippen LogP contribution in [0.4, 0.5) is 0 Å². The van der Waals surface area contributed by atoms with Crippen LogP contribution in [0.15, 0.2) is 24.3 Å². The molecule has 0 saturated heterocycles. The number of allylic oxidation sites excluding steroid dienone is 3. The molecule has 0 aliphatic heterocycles. The predicted molar refractivity (Wildman–Crippen MR) is 79.1 cm³/mol. The summed E-state index contributed by atoms with van der Waals surface area (Å²) in [5, 5.41) is 17.9. The minimum Gasteiger partial charge on any atom is -0.481 e. The summed E-state index contributed by atoms with van der Waals surface area (Å²) in [5.41, 5.74) is 0. The lowest BCUT2D eigenvalue weighted by molar-refractivity contribution is -0.137. The first-order valence-electron chi connectivity index (χ1n) is 7.40. The van der Waals surface area contributed by atoms with E-state index in [-0.39, 0.29) is 6.10 Å². The molecule has 3 heteroatoms. The number of carboxylic acids is 1. The van der Waals surface area contributed by atoms with Crippen LogP contribution >= 0.6 is 0 Å². The van der Waals surface area contributed by atoms with Gasteiger partial charge in [-0.1, -0.05) is 56.9 Å². The number of hydrogen-bond acceptors (Lipinski definition) is 2. The second-order valence-corrected chi connectivity index (χ2v) is 4.87. The van der Waals surface area contributed by atoms with Crippen LogP contribution in [0, 0.1) is 0 Å². The second-order valence-electron chi connectivity index (χ2n) is 4.87. The van der Waals surface area contributed by atoms with E-state index in [1.165, 1.54) is 0 Å². The molecule has 0 saturated carbocycles. The molecular weight excluding hydrogens is 240 g/mol. The lowest BCUT2D eigenvalue weighted by atomic mass is 10.1. The van der Waals surface area contributed by atoms with Crippen molar-refractivity contribution in [1.82, 2.24) is 0 Å².